The van der Waals surface area contributed by atoms with Crippen LogP contribution in [0.25, 0.3) is 0 Å². The van der Waals surface area contributed by atoms with E-state index < -0.39 is 96.0 Å². The number of carbonyl (C=O) groups is 11. The second kappa shape index (κ2) is 33.5. The summed E-state index contributed by atoms with van der Waals surface area (Å²) in [4.78, 5) is 137. The average molecular weight is 1040 g/mol. The van der Waals surface area contributed by atoms with Gasteiger partial charge in [-0.2, -0.15) is 0 Å². The molecule has 0 radical (unpaired) electrons. The number of aliphatic carboxylic acids is 1. The van der Waals surface area contributed by atoms with E-state index in [0.29, 0.717) is 18.8 Å². The summed E-state index contributed by atoms with van der Waals surface area (Å²) >= 11 is 0.790. The number of carboxylic acids is 1. The van der Waals surface area contributed by atoms with Gasteiger partial charge in [-0.1, -0.05) is 13.8 Å². The summed E-state index contributed by atoms with van der Waals surface area (Å²) in [6.45, 7) is 4.51. The van der Waals surface area contributed by atoms with E-state index in [1.807, 2.05) is 0 Å². The second-order valence-corrected chi connectivity index (χ2v) is 16.9. The van der Waals surface area contributed by atoms with Gasteiger partial charge in [-0.25, -0.2) is 14.4 Å². The SMILES string of the molecule is CNC(=O)OCc1ccc(NC(=O)[C@H](CCCNC(N)=O)NC(=O)[C@@H](NC(=O)COCCOCCOC)C(C)C)cc1OCC(=O)NCCCNC(=O)CCN1C(=O)C=C(SC[C@H](NC(C)=O)C(=O)O)C1=O. The van der Waals surface area contributed by atoms with Crippen molar-refractivity contribution >= 4 is 82.8 Å². The minimum atomic E-state index is -1.31. The highest BCUT2D eigenvalue weighted by molar-refractivity contribution is 8.04. The van der Waals surface area contributed by atoms with Gasteiger partial charge < -0.3 is 77.1 Å². The maximum atomic E-state index is 13.8. The van der Waals surface area contributed by atoms with Gasteiger partial charge in [0.25, 0.3) is 17.7 Å². The molecule has 0 bridgehead atoms. The van der Waals surface area contributed by atoms with Crippen molar-refractivity contribution < 1.29 is 81.5 Å². The zero-order valence-corrected chi connectivity index (χ0v) is 41.7. The topological polar surface area (TPSA) is 380 Å². The van der Waals surface area contributed by atoms with Gasteiger partial charge in [0.15, 0.2) is 6.61 Å². The number of amides is 11. The van der Waals surface area contributed by atoms with E-state index in [1.165, 1.54) is 32.4 Å². The number of rotatable bonds is 35. The van der Waals surface area contributed by atoms with Gasteiger partial charge in [0, 0.05) is 82.8 Å². The van der Waals surface area contributed by atoms with Crippen LogP contribution in [-0.4, -0.2) is 179 Å². The Morgan fingerprint density at radius 3 is 2.14 bits per heavy atom. The molecule has 1 aliphatic rings. The number of primary amides is 1. The number of urea groups is 1. The minimum absolute atomic E-state index is 0.0232. The molecule has 0 fully saturated rings. The Balaban J connectivity index is 1.99. The lowest BCUT2D eigenvalue weighted by molar-refractivity contribution is -0.141. The summed E-state index contributed by atoms with van der Waals surface area (Å²) in [6.07, 6.45) is 0.547. The molecule has 400 valence electrons. The van der Waals surface area contributed by atoms with Crippen LogP contribution in [0.2, 0.25) is 0 Å². The summed E-state index contributed by atoms with van der Waals surface area (Å²) in [7, 11) is 2.89. The van der Waals surface area contributed by atoms with E-state index in [2.05, 4.69) is 42.5 Å². The average Bonchev–Trinajstić information content (AvgIpc) is 3.60. The molecular formula is C44H66N10O17S. The fourth-order valence-electron chi connectivity index (χ4n) is 6.09. The highest BCUT2D eigenvalue weighted by Crippen LogP contribution is 2.26. The Labute approximate surface area is 419 Å². The molecule has 1 aromatic rings. The zero-order valence-electron chi connectivity index (χ0n) is 40.8. The third-order valence-corrected chi connectivity index (χ3v) is 10.9. The number of benzene rings is 1. The predicted octanol–water partition coefficient (Wildman–Crippen LogP) is -1.80. The third kappa shape index (κ3) is 24.2. The van der Waals surface area contributed by atoms with Crippen LogP contribution >= 0.6 is 11.8 Å². The molecule has 1 heterocycles. The predicted molar refractivity (Wildman–Crippen MR) is 257 cm³/mol. The van der Waals surface area contributed by atoms with Gasteiger partial charge in [-0.3, -0.25) is 43.3 Å². The van der Waals surface area contributed by atoms with Crippen molar-refractivity contribution in [1.82, 2.24) is 42.1 Å². The molecule has 0 aliphatic carbocycles. The molecule has 2 rings (SSSR count). The number of nitrogens with zero attached hydrogens (tertiary/aromatic N) is 1. The van der Waals surface area contributed by atoms with Crippen molar-refractivity contribution in [2.75, 3.05) is 91.0 Å². The lowest BCUT2D eigenvalue weighted by Gasteiger charge is -2.25. The van der Waals surface area contributed by atoms with Crippen LogP contribution in [0.3, 0.4) is 0 Å². The van der Waals surface area contributed by atoms with E-state index in [4.69, 9.17) is 29.4 Å². The first-order chi connectivity index (χ1) is 34.2. The molecule has 0 spiro atoms. The third-order valence-electron chi connectivity index (χ3n) is 9.78. The van der Waals surface area contributed by atoms with Gasteiger partial charge in [0.05, 0.1) is 31.3 Å². The lowest BCUT2D eigenvalue weighted by atomic mass is 10.0. The summed E-state index contributed by atoms with van der Waals surface area (Å²) in [5, 5.41) is 29.5. The summed E-state index contributed by atoms with van der Waals surface area (Å²) in [5.74, 6) is -6.85. The highest BCUT2D eigenvalue weighted by Gasteiger charge is 2.33. The molecule has 28 heteroatoms. The minimum Gasteiger partial charge on any atom is -0.483 e. The Morgan fingerprint density at radius 1 is 0.806 bits per heavy atom. The van der Waals surface area contributed by atoms with E-state index >= 15 is 0 Å². The van der Waals surface area contributed by atoms with Gasteiger partial charge >= 0.3 is 18.1 Å². The first-order valence-electron chi connectivity index (χ1n) is 22.7. The highest BCUT2D eigenvalue weighted by atomic mass is 32.2. The molecule has 0 saturated carbocycles. The summed E-state index contributed by atoms with van der Waals surface area (Å²) < 4.78 is 26.5. The van der Waals surface area contributed by atoms with E-state index in [0.717, 1.165) is 29.7 Å². The van der Waals surface area contributed by atoms with Gasteiger partial charge in [0.2, 0.25) is 29.5 Å². The first-order valence-corrected chi connectivity index (χ1v) is 23.7. The number of hydrogen-bond acceptors (Lipinski definition) is 17. The summed E-state index contributed by atoms with van der Waals surface area (Å²) in [5.41, 5.74) is 5.65. The van der Waals surface area contributed by atoms with E-state index in [1.54, 1.807) is 13.8 Å². The van der Waals surface area contributed by atoms with Crippen molar-refractivity contribution in [3.05, 3.63) is 34.7 Å². The Morgan fingerprint density at radius 2 is 1.49 bits per heavy atom. The van der Waals surface area contributed by atoms with Crippen LogP contribution in [-0.2, 0) is 68.7 Å². The number of carboxylic acid groups (broad SMARTS) is 1. The normalized spacial score (nSPS) is 13.2. The van der Waals surface area contributed by atoms with Crippen LogP contribution in [0.15, 0.2) is 29.2 Å². The Bertz CT molecular complexity index is 2090. The van der Waals surface area contributed by atoms with Crippen LogP contribution in [0.4, 0.5) is 15.3 Å². The fraction of sp³-hybridized carbons (Fsp3) is 0.568. The number of ether oxygens (including phenoxy) is 5. The molecule has 72 heavy (non-hydrogen) atoms. The first kappa shape index (κ1) is 61.1. The van der Waals surface area contributed by atoms with Crippen molar-refractivity contribution in [1.29, 1.82) is 0 Å². The molecule has 11 amide bonds. The van der Waals surface area contributed by atoms with Crippen molar-refractivity contribution in [3.8, 4) is 5.75 Å². The lowest BCUT2D eigenvalue weighted by Crippen LogP contribution is -2.55. The number of thioether (sulfide) groups is 1. The molecule has 11 N–H and O–H groups in total. The molecule has 0 unspecified atom stereocenters. The zero-order chi connectivity index (χ0) is 53.6. The largest absolute Gasteiger partial charge is 0.483 e. The van der Waals surface area contributed by atoms with Crippen LogP contribution in [0, 0.1) is 5.92 Å². The number of hydrogen-bond donors (Lipinski definition) is 10. The van der Waals surface area contributed by atoms with Gasteiger partial charge in [-0.15, -0.1) is 11.8 Å². The number of methoxy groups -OCH3 is 1. The number of nitrogens with one attached hydrogen (secondary N) is 8. The van der Waals surface area contributed by atoms with Crippen molar-refractivity contribution in [2.45, 2.75) is 71.2 Å². The quantitative estimate of drug-likeness (QED) is 0.0265. The number of imide groups is 1. The van der Waals surface area contributed by atoms with E-state index in [-0.39, 0.29) is 100 Å². The number of alkyl carbamates (subject to hydrolysis) is 1. The van der Waals surface area contributed by atoms with Crippen LogP contribution in [0.1, 0.15) is 52.0 Å². The maximum absolute atomic E-state index is 13.8. The number of nitrogens with two attached hydrogens (primary N) is 1. The standard InChI is InChI=1S/C44H66N10O17S/c1-26(2)38(53-36(58)23-69-19-18-68-17-16-67-5)40(61)52-30(8-6-12-49-43(45)65)39(60)51-29-10-9-28(22-71-44(66)46-4)32(20-29)70-24-35(57)48-14-7-13-47-34(56)11-15-54-37(59)21-33(41(54)62)72-25-31(42(63)64)50-27(3)55/h9-10,20-21,26,30-31,38H,6-8,11-19,22-25H2,1-5H3,(H,46,66)(H,47,56)(H,48,57)(H,50,55)(H,51,60)(H,52,61)(H,53,58)(H,63,64)(H3,45,49,65)/t30-,31-,38-/m0/s1. The van der Waals surface area contributed by atoms with Crippen molar-refractivity contribution in [2.24, 2.45) is 11.7 Å². The van der Waals surface area contributed by atoms with Crippen molar-refractivity contribution in [3.63, 3.8) is 0 Å². The van der Waals surface area contributed by atoms with Gasteiger partial charge in [-0.05, 0) is 37.3 Å². The monoisotopic (exact) mass is 1040 g/mol. The molecule has 1 aliphatic heterocycles. The Hall–Kier alpha value is -7.04. The fourth-order valence-corrected chi connectivity index (χ4v) is 7.08. The second-order valence-electron chi connectivity index (χ2n) is 15.9. The smallest absolute Gasteiger partial charge is 0.407 e. The van der Waals surface area contributed by atoms with Crippen LogP contribution < -0.4 is 53.0 Å². The van der Waals surface area contributed by atoms with E-state index in [9.17, 15) is 57.8 Å². The molecule has 0 aromatic heterocycles. The summed E-state index contributed by atoms with van der Waals surface area (Å²) in [6, 6.07) is -0.00784. The number of anilines is 1. The number of carbonyl (C=O) groups excluding carboxylic acids is 10. The molecule has 0 saturated heterocycles. The van der Waals surface area contributed by atoms with Gasteiger partial charge in [0.1, 0.15) is 37.1 Å². The Kier molecular flexibility index (Phi) is 28.4. The molecular weight excluding hydrogens is 973 g/mol. The molecule has 27 nitrogen and oxygen atoms in total. The molecule has 3 atom stereocenters. The maximum Gasteiger partial charge on any atom is 0.407 e. The molecule has 1 aromatic carbocycles. The van der Waals surface area contributed by atoms with Crippen LogP contribution in [0.5, 0.6) is 5.75 Å².